The fourth-order valence-corrected chi connectivity index (χ4v) is 5.82. The Morgan fingerprint density at radius 3 is 2.75 bits per heavy atom. The number of H-pyrrole nitrogens is 1. The predicted octanol–water partition coefficient (Wildman–Crippen LogP) is 4.93. The molecule has 8 heteroatoms. The highest BCUT2D eigenvalue weighted by molar-refractivity contribution is 8.00. The Labute approximate surface area is 192 Å². The smallest absolute Gasteiger partial charge is 0.236 e. The maximum absolute atomic E-state index is 13.3. The molecule has 166 valence electrons. The first kappa shape index (κ1) is 21.1. The number of amides is 1. The molecular weight excluding hydrogens is 420 g/mol. The van der Waals surface area contributed by atoms with Crippen molar-refractivity contribution in [3.05, 3.63) is 30.5 Å². The first-order chi connectivity index (χ1) is 15.5. The molecule has 3 aromatic rings. The van der Waals surface area contributed by atoms with Gasteiger partial charge in [0.05, 0.1) is 11.3 Å². The lowest BCUT2D eigenvalue weighted by atomic mass is 9.81. The Balaban J connectivity index is 1.41. The lowest BCUT2D eigenvalue weighted by Crippen LogP contribution is -2.52. The number of hydrogen-bond donors (Lipinski definition) is 1. The largest absolute Gasteiger partial charge is 0.360 e. The monoisotopic (exact) mass is 448 g/mol. The molecule has 0 aliphatic heterocycles. The van der Waals surface area contributed by atoms with Gasteiger partial charge in [0.15, 0.2) is 11.0 Å². The summed E-state index contributed by atoms with van der Waals surface area (Å²) >= 11 is 1.45. The average molecular weight is 449 g/mol. The van der Waals surface area contributed by atoms with Gasteiger partial charge < -0.3 is 9.88 Å². The molecule has 2 aliphatic rings. The van der Waals surface area contributed by atoms with E-state index in [1.54, 1.807) is 11.9 Å². The maximum Gasteiger partial charge on any atom is 0.236 e. The van der Waals surface area contributed by atoms with Crippen molar-refractivity contribution in [2.45, 2.75) is 73.9 Å². The number of benzene rings is 1. The summed E-state index contributed by atoms with van der Waals surface area (Å²) in [5, 5.41) is 20.5. The third-order valence-electron chi connectivity index (χ3n) is 6.90. The molecule has 0 spiro atoms. The van der Waals surface area contributed by atoms with Crippen LogP contribution in [0.3, 0.4) is 0 Å². The zero-order valence-electron chi connectivity index (χ0n) is 18.5. The number of nitrogens with one attached hydrogen (secondary N) is 1. The number of hydrogen-bond acceptors (Lipinski definition) is 5. The summed E-state index contributed by atoms with van der Waals surface area (Å²) in [5.74, 6) is 0.832. The third kappa shape index (κ3) is 3.58. The van der Waals surface area contributed by atoms with Gasteiger partial charge in [-0.2, -0.15) is 5.26 Å². The van der Waals surface area contributed by atoms with Crippen molar-refractivity contribution >= 4 is 28.6 Å². The summed E-state index contributed by atoms with van der Waals surface area (Å²) in [5.41, 5.74) is 1.43. The molecule has 2 fully saturated rings. The quantitative estimate of drug-likeness (QED) is 0.540. The van der Waals surface area contributed by atoms with E-state index in [0.717, 1.165) is 72.4 Å². The number of rotatable bonds is 6. The Morgan fingerprint density at radius 1 is 1.28 bits per heavy atom. The van der Waals surface area contributed by atoms with Gasteiger partial charge in [-0.05, 0) is 38.7 Å². The molecule has 0 radical (unpaired) electrons. The van der Waals surface area contributed by atoms with Crippen molar-refractivity contribution in [3.8, 4) is 17.5 Å². The number of carbonyl (C=O) groups excluding carboxylic acids is 1. The number of nitrogens with zero attached hydrogens (tertiary/aromatic N) is 5. The van der Waals surface area contributed by atoms with Crippen LogP contribution in [-0.4, -0.2) is 48.4 Å². The zero-order valence-corrected chi connectivity index (χ0v) is 19.4. The first-order valence-electron chi connectivity index (χ1n) is 11.4. The van der Waals surface area contributed by atoms with Crippen LogP contribution in [0.15, 0.2) is 35.6 Å². The number of aromatic amines is 1. The van der Waals surface area contributed by atoms with Gasteiger partial charge in [0.1, 0.15) is 5.54 Å². The van der Waals surface area contributed by atoms with Crippen LogP contribution < -0.4 is 0 Å². The van der Waals surface area contributed by atoms with E-state index in [9.17, 15) is 10.1 Å². The lowest BCUT2D eigenvalue weighted by molar-refractivity contribution is -0.133. The number of fused-ring (bicyclic) bond motifs is 1. The van der Waals surface area contributed by atoms with E-state index >= 15 is 0 Å². The minimum absolute atomic E-state index is 0.0163. The minimum atomic E-state index is -0.677. The topological polar surface area (TPSA) is 90.6 Å². The highest BCUT2D eigenvalue weighted by Gasteiger charge is 2.41. The first-order valence-corrected chi connectivity index (χ1v) is 12.3. The van der Waals surface area contributed by atoms with Crippen LogP contribution >= 0.6 is 11.8 Å². The van der Waals surface area contributed by atoms with Crippen LogP contribution in [0.2, 0.25) is 0 Å². The van der Waals surface area contributed by atoms with Crippen molar-refractivity contribution in [1.29, 1.82) is 5.26 Å². The zero-order chi connectivity index (χ0) is 22.3. The highest BCUT2D eigenvalue weighted by atomic mass is 32.2. The molecule has 2 aromatic heterocycles. The van der Waals surface area contributed by atoms with E-state index in [1.165, 1.54) is 11.8 Å². The summed E-state index contributed by atoms with van der Waals surface area (Å²) < 4.78 is 2.20. The van der Waals surface area contributed by atoms with E-state index < -0.39 is 5.54 Å². The van der Waals surface area contributed by atoms with Crippen LogP contribution in [0, 0.1) is 11.3 Å². The number of nitriles is 1. The molecule has 5 rings (SSSR count). The second-order valence-electron chi connectivity index (χ2n) is 9.02. The summed E-state index contributed by atoms with van der Waals surface area (Å²) in [6.07, 6.45) is 8.83. The average Bonchev–Trinajstić information content (AvgIpc) is 3.45. The molecule has 2 heterocycles. The number of carbonyl (C=O) groups is 1. The van der Waals surface area contributed by atoms with Gasteiger partial charge in [0.25, 0.3) is 0 Å². The van der Waals surface area contributed by atoms with E-state index in [-0.39, 0.29) is 11.2 Å². The van der Waals surface area contributed by atoms with Crippen LogP contribution in [-0.2, 0) is 4.79 Å². The van der Waals surface area contributed by atoms with E-state index in [1.807, 2.05) is 25.3 Å². The second kappa shape index (κ2) is 8.28. The molecule has 1 aromatic carbocycles. The van der Waals surface area contributed by atoms with Gasteiger partial charge in [-0.25, -0.2) is 0 Å². The van der Waals surface area contributed by atoms with Crippen molar-refractivity contribution in [2.24, 2.45) is 0 Å². The van der Waals surface area contributed by atoms with Gasteiger partial charge in [0.2, 0.25) is 5.91 Å². The molecule has 0 saturated heterocycles. The maximum atomic E-state index is 13.3. The van der Waals surface area contributed by atoms with Crippen molar-refractivity contribution in [3.63, 3.8) is 0 Å². The molecular formula is C24H28N6OS. The fourth-order valence-electron chi connectivity index (χ4n) is 4.81. The Bertz CT molecular complexity index is 1180. The second-order valence-corrected chi connectivity index (χ2v) is 10.3. The molecule has 32 heavy (non-hydrogen) atoms. The molecule has 1 amide bonds. The van der Waals surface area contributed by atoms with Crippen molar-refractivity contribution in [1.82, 2.24) is 24.6 Å². The number of para-hydroxylation sites is 1. The third-order valence-corrected chi connectivity index (χ3v) is 7.94. The predicted molar refractivity (Wildman–Crippen MR) is 125 cm³/mol. The Kier molecular flexibility index (Phi) is 5.46. The van der Waals surface area contributed by atoms with Gasteiger partial charge in [-0.15, -0.1) is 10.2 Å². The molecule has 1 unspecified atom stereocenters. The SMILES string of the molecule is CC(Sc1nnc(-c2c[nH]c3ccccc23)n1C1CC1)C(=O)N(C)C1(C#N)CCCCC1. The van der Waals surface area contributed by atoms with Gasteiger partial charge >= 0.3 is 0 Å². The normalized spacial score (nSPS) is 18.9. The highest BCUT2D eigenvalue weighted by Crippen LogP contribution is 2.43. The molecule has 0 bridgehead atoms. The van der Waals surface area contributed by atoms with E-state index in [4.69, 9.17) is 0 Å². The van der Waals surface area contributed by atoms with Crippen molar-refractivity contribution < 1.29 is 4.79 Å². The van der Waals surface area contributed by atoms with E-state index in [2.05, 4.69) is 38.0 Å². The Morgan fingerprint density at radius 2 is 2.03 bits per heavy atom. The molecule has 1 atom stereocenters. The minimum Gasteiger partial charge on any atom is -0.360 e. The summed E-state index contributed by atoms with van der Waals surface area (Å²) in [6.45, 7) is 1.91. The van der Waals surface area contributed by atoms with Crippen LogP contribution in [0.4, 0.5) is 0 Å². The van der Waals surface area contributed by atoms with Crippen LogP contribution in [0.25, 0.3) is 22.3 Å². The molecule has 2 saturated carbocycles. The van der Waals surface area contributed by atoms with Gasteiger partial charge in [-0.3, -0.25) is 9.36 Å². The summed E-state index contributed by atoms with van der Waals surface area (Å²) in [4.78, 5) is 18.3. The number of thioether (sulfide) groups is 1. The molecule has 7 nitrogen and oxygen atoms in total. The fraction of sp³-hybridized carbons (Fsp3) is 0.500. The standard InChI is InChI=1S/C24H28N6OS/c1-16(22(31)29(2)24(15-25)12-6-3-7-13-24)32-23-28-27-21(30(23)17-10-11-17)19-14-26-20-9-5-4-8-18(19)20/h4-5,8-9,14,16-17,26H,3,6-7,10-13H2,1-2H3. The van der Waals surface area contributed by atoms with Gasteiger partial charge in [-0.1, -0.05) is 49.2 Å². The van der Waals surface area contributed by atoms with E-state index in [0.29, 0.717) is 6.04 Å². The lowest BCUT2D eigenvalue weighted by Gasteiger charge is -2.40. The molecule has 1 N–H and O–H groups in total. The Hall–Kier alpha value is -2.79. The van der Waals surface area contributed by atoms with Crippen molar-refractivity contribution in [2.75, 3.05) is 7.05 Å². The van der Waals surface area contributed by atoms with Crippen LogP contribution in [0.1, 0.15) is 57.9 Å². The molecule has 2 aliphatic carbocycles. The van der Waals surface area contributed by atoms with Crippen LogP contribution in [0.5, 0.6) is 0 Å². The number of aromatic nitrogens is 4. The summed E-state index contributed by atoms with van der Waals surface area (Å²) in [7, 11) is 1.79. The summed E-state index contributed by atoms with van der Waals surface area (Å²) in [6, 6.07) is 11.0. The van der Waals surface area contributed by atoms with Gasteiger partial charge in [0, 0.05) is 35.8 Å².